The standard InChI is InChI=1S/C10H13N3O/c14-10-4-9(7-13-10)12-6-8-2-1-3-11-5-8/h1-3,5,9,12H,4,6-7H2,(H,13,14). The highest BCUT2D eigenvalue weighted by Gasteiger charge is 2.20. The summed E-state index contributed by atoms with van der Waals surface area (Å²) in [5.74, 6) is 0.133. The fourth-order valence-electron chi connectivity index (χ4n) is 1.51. The van der Waals surface area contributed by atoms with Crippen LogP contribution in [0.3, 0.4) is 0 Å². The summed E-state index contributed by atoms with van der Waals surface area (Å²) in [6.07, 6.45) is 4.17. The lowest BCUT2D eigenvalue weighted by molar-refractivity contribution is -0.119. The molecule has 1 atom stereocenters. The summed E-state index contributed by atoms with van der Waals surface area (Å²) < 4.78 is 0. The molecule has 1 amide bonds. The van der Waals surface area contributed by atoms with E-state index in [9.17, 15) is 4.79 Å². The molecule has 0 aliphatic carbocycles. The average Bonchev–Trinajstić information content (AvgIpc) is 2.63. The second kappa shape index (κ2) is 4.19. The van der Waals surface area contributed by atoms with E-state index in [0.29, 0.717) is 6.42 Å². The number of hydrogen-bond donors (Lipinski definition) is 2. The van der Waals surface area contributed by atoms with Gasteiger partial charge in [0.25, 0.3) is 0 Å². The van der Waals surface area contributed by atoms with Crippen molar-refractivity contribution in [2.75, 3.05) is 6.54 Å². The van der Waals surface area contributed by atoms with Crippen LogP contribution in [0, 0.1) is 0 Å². The summed E-state index contributed by atoms with van der Waals surface area (Å²) in [7, 11) is 0. The van der Waals surface area contributed by atoms with Crippen LogP contribution in [0.1, 0.15) is 12.0 Å². The minimum Gasteiger partial charge on any atom is -0.354 e. The average molecular weight is 191 g/mol. The molecular weight excluding hydrogens is 178 g/mol. The van der Waals surface area contributed by atoms with Gasteiger partial charge in [-0.05, 0) is 11.6 Å². The van der Waals surface area contributed by atoms with Gasteiger partial charge in [-0.15, -0.1) is 0 Å². The Morgan fingerprint density at radius 3 is 3.21 bits per heavy atom. The normalized spacial score (nSPS) is 20.9. The molecule has 0 radical (unpaired) electrons. The van der Waals surface area contributed by atoms with Gasteiger partial charge in [0.05, 0.1) is 0 Å². The number of carbonyl (C=O) groups excluding carboxylic acids is 1. The molecule has 74 valence electrons. The third-order valence-electron chi connectivity index (χ3n) is 2.30. The first-order chi connectivity index (χ1) is 6.84. The summed E-state index contributed by atoms with van der Waals surface area (Å²) in [6, 6.07) is 4.20. The van der Waals surface area contributed by atoms with Gasteiger partial charge in [-0.3, -0.25) is 9.78 Å². The minimum absolute atomic E-state index is 0.133. The largest absolute Gasteiger partial charge is 0.354 e. The number of amides is 1. The van der Waals surface area contributed by atoms with E-state index in [-0.39, 0.29) is 11.9 Å². The second-order valence-electron chi connectivity index (χ2n) is 3.45. The fraction of sp³-hybridized carbons (Fsp3) is 0.400. The summed E-state index contributed by atoms with van der Waals surface area (Å²) in [5, 5.41) is 6.09. The molecule has 1 saturated heterocycles. The Kier molecular flexibility index (Phi) is 2.74. The predicted octanol–water partition coefficient (Wildman–Crippen LogP) is 0.0597. The first kappa shape index (κ1) is 9.15. The Bertz CT molecular complexity index is 312. The van der Waals surface area contributed by atoms with Crippen molar-refractivity contribution in [3.05, 3.63) is 30.1 Å². The van der Waals surface area contributed by atoms with Crippen LogP contribution in [-0.2, 0) is 11.3 Å². The molecule has 0 bridgehead atoms. The van der Waals surface area contributed by atoms with Gasteiger partial charge in [0.15, 0.2) is 0 Å². The number of aromatic nitrogens is 1. The van der Waals surface area contributed by atoms with Crippen LogP contribution in [0.25, 0.3) is 0 Å². The van der Waals surface area contributed by atoms with Crippen LogP contribution in [0.4, 0.5) is 0 Å². The van der Waals surface area contributed by atoms with Crippen LogP contribution < -0.4 is 10.6 Å². The molecule has 2 heterocycles. The van der Waals surface area contributed by atoms with Crippen molar-refractivity contribution in [2.24, 2.45) is 0 Å². The molecule has 1 fully saturated rings. The Morgan fingerprint density at radius 1 is 1.64 bits per heavy atom. The highest BCUT2D eigenvalue weighted by atomic mass is 16.1. The molecule has 1 unspecified atom stereocenters. The molecule has 2 N–H and O–H groups in total. The molecular formula is C10H13N3O. The number of carbonyl (C=O) groups is 1. The SMILES string of the molecule is O=C1CC(NCc2cccnc2)CN1. The van der Waals surface area contributed by atoms with Crippen molar-refractivity contribution in [1.82, 2.24) is 15.6 Å². The summed E-state index contributed by atoms with van der Waals surface area (Å²) in [5.41, 5.74) is 1.15. The van der Waals surface area contributed by atoms with Gasteiger partial charge in [-0.25, -0.2) is 0 Å². The highest BCUT2D eigenvalue weighted by Crippen LogP contribution is 2.01. The zero-order chi connectivity index (χ0) is 9.80. The minimum atomic E-state index is 0.133. The van der Waals surface area contributed by atoms with Crippen LogP contribution in [0.15, 0.2) is 24.5 Å². The van der Waals surface area contributed by atoms with Crippen molar-refractivity contribution >= 4 is 5.91 Å². The van der Waals surface area contributed by atoms with E-state index < -0.39 is 0 Å². The van der Waals surface area contributed by atoms with E-state index in [4.69, 9.17) is 0 Å². The van der Waals surface area contributed by atoms with Crippen LogP contribution in [0.2, 0.25) is 0 Å². The van der Waals surface area contributed by atoms with Gasteiger partial charge in [-0.1, -0.05) is 6.07 Å². The molecule has 0 aromatic carbocycles. The Labute approximate surface area is 82.7 Å². The summed E-state index contributed by atoms with van der Waals surface area (Å²) >= 11 is 0. The zero-order valence-corrected chi connectivity index (χ0v) is 7.86. The number of nitrogens with zero attached hydrogens (tertiary/aromatic N) is 1. The Balaban J connectivity index is 1.80. The number of rotatable bonds is 3. The first-order valence-electron chi connectivity index (χ1n) is 4.73. The quantitative estimate of drug-likeness (QED) is 0.710. The van der Waals surface area contributed by atoms with Crippen molar-refractivity contribution in [3.8, 4) is 0 Å². The maximum Gasteiger partial charge on any atom is 0.221 e. The first-order valence-corrected chi connectivity index (χ1v) is 4.73. The van der Waals surface area contributed by atoms with Crippen molar-refractivity contribution in [1.29, 1.82) is 0 Å². The van der Waals surface area contributed by atoms with Gasteiger partial charge in [0, 0.05) is 37.9 Å². The lowest BCUT2D eigenvalue weighted by atomic mass is 10.2. The Hall–Kier alpha value is -1.42. The van der Waals surface area contributed by atoms with Crippen molar-refractivity contribution in [2.45, 2.75) is 19.0 Å². The molecule has 2 rings (SSSR count). The molecule has 1 aromatic rings. The van der Waals surface area contributed by atoms with E-state index >= 15 is 0 Å². The molecule has 14 heavy (non-hydrogen) atoms. The molecule has 0 spiro atoms. The highest BCUT2D eigenvalue weighted by molar-refractivity contribution is 5.78. The number of hydrogen-bond acceptors (Lipinski definition) is 3. The second-order valence-corrected chi connectivity index (χ2v) is 3.45. The molecule has 4 nitrogen and oxygen atoms in total. The van der Waals surface area contributed by atoms with E-state index in [1.807, 2.05) is 18.3 Å². The van der Waals surface area contributed by atoms with Crippen LogP contribution >= 0.6 is 0 Å². The molecule has 1 aromatic heterocycles. The summed E-state index contributed by atoms with van der Waals surface area (Å²) in [4.78, 5) is 14.9. The predicted molar refractivity (Wildman–Crippen MR) is 52.5 cm³/mol. The number of nitrogens with one attached hydrogen (secondary N) is 2. The van der Waals surface area contributed by atoms with E-state index in [1.54, 1.807) is 6.20 Å². The topological polar surface area (TPSA) is 54.0 Å². The lowest BCUT2D eigenvalue weighted by Gasteiger charge is -2.09. The van der Waals surface area contributed by atoms with Gasteiger partial charge in [0.1, 0.15) is 0 Å². The van der Waals surface area contributed by atoms with Gasteiger partial charge >= 0.3 is 0 Å². The Morgan fingerprint density at radius 2 is 2.57 bits per heavy atom. The third kappa shape index (κ3) is 2.29. The van der Waals surface area contributed by atoms with Gasteiger partial charge in [0.2, 0.25) is 5.91 Å². The van der Waals surface area contributed by atoms with E-state index in [1.165, 1.54) is 0 Å². The van der Waals surface area contributed by atoms with E-state index in [2.05, 4.69) is 15.6 Å². The van der Waals surface area contributed by atoms with Crippen LogP contribution in [0.5, 0.6) is 0 Å². The third-order valence-corrected chi connectivity index (χ3v) is 2.30. The maximum absolute atomic E-state index is 10.9. The van der Waals surface area contributed by atoms with Crippen molar-refractivity contribution in [3.63, 3.8) is 0 Å². The summed E-state index contributed by atoms with van der Waals surface area (Å²) in [6.45, 7) is 1.51. The maximum atomic E-state index is 10.9. The molecule has 1 aliphatic rings. The van der Waals surface area contributed by atoms with Gasteiger partial charge in [-0.2, -0.15) is 0 Å². The van der Waals surface area contributed by atoms with E-state index in [0.717, 1.165) is 18.7 Å². The number of pyridine rings is 1. The van der Waals surface area contributed by atoms with Gasteiger partial charge < -0.3 is 10.6 Å². The van der Waals surface area contributed by atoms with Crippen molar-refractivity contribution < 1.29 is 4.79 Å². The molecule has 0 saturated carbocycles. The molecule has 1 aliphatic heterocycles. The lowest BCUT2D eigenvalue weighted by Crippen LogP contribution is -2.30. The fourth-order valence-corrected chi connectivity index (χ4v) is 1.51. The monoisotopic (exact) mass is 191 g/mol. The van der Waals surface area contributed by atoms with Crippen LogP contribution in [-0.4, -0.2) is 23.5 Å². The smallest absolute Gasteiger partial charge is 0.221 e. The molecule has 4 heteroatoms. The zero-order valence-electron chi connectivity index (χ0n) is 7.86.